The molecule has 3 nitrogen and oxygen atoms in total. The van der Waals surface area contributed by atoms with E-state index < -0.39 is 0 Å². The Morgan fingerprint density at radius 3 is 2.50 bits per heavy atom. The molecular weight excluding hydrogens is 224 g/mol. The van der Waals surface area contributed by atoms with Crippen LogP contribution in [0.3, 0.4) is 0 Å². The molecule has 1 saturated carbocycles. The lowest BCUT2D eigenvalue weighted by atomic mass is 9.88. The number of carbonyl (C=O) groups is 1. The second-order valence-corrected chi connectivity index (χ2v) is 5.92. The first kappa shape index (κ1) is 13.9. The van der Waals surface area contributed by atoms with Gasteiger partial charge in [-0.2, -0.15) is 0 Å². The largest absolute Gasteiger partial charge is 0.341 e. The minimum absolute atomic E-state index is 0.341. The van der Waals surface area contributed by atoms with E-state index in [1.165, 1.54) is 51.6 Å². The van der Waals surface area contributed by atoms with E-state index in [0.29, 0.717) is 24.4 Å². The minimum atomic E-state index is 0.341. The Kier molecular flexibility index (Phi) is 5.04. The maximum absolute atomic E-state index is 12.1. The number of likely N-dealkylation sites (N-methyl/N-ethyl adjacent to an activating group) is 1. The fourth-order valence-corrected chi connectivity index (χ4v) is 3.62. The van der Waals surface area contributed by atoms with Crippen molar-refractivity contribution in [3.8, 4) is 0 Å². The van der Waals surface area contributed by atoms with Crippen LogP contribution in [-0.2, 0) is 4.79 Å². The Hall–Kier alpha value is -0.570. The van der Waals surface area contributed by atoms with Crippen molar-refractivity contribution < 1.29 is 4.79 Å². The van der Waals surface area contributed by atoms with Crippen LogP contribution >= 0.6 is 0 Å². The van der Waals surface area contributed by atoms with Crippen molar-refractivity contribution in [1.29, 1.82) is 0 Å². The summed E-state index contributed by atoms with van der Waals surface area (Å²) >= 11 is 0. The molecule has 2 fully saturated rings. The van der Waals surface area contributed by atoms with Gasteiger partial charge in [0.05, 0.1) is 0 Å². The molecule has 1 saturated heterocycles. The van der Waals surface area contributed by atoms with Gasteiger partial charge >= 0.3 is 0 Å². The summed E-state index contributed by atoms with van der Waals surface area (Å²) in [6, 6.07) is 1.10. The van der Waals surface area contributed by atoms with Crippen LogP contribution in [0.5, 0.6) is 0 Å². The summed E-state index contributed by atoms with van der Waals surface area (Å²) in [5.74, 6) is 0.341. The third-order valence-corrected chi connectivity index (χ3v) is 4.66. The van der Waals surface area contributed by atoms with Crippen LogP contribution in [0, 0.1) is 0 Å². The molecule has 1 heterocycles. The zero-order chi connectivity index (χ0) is 13.0. The van der Waals surface area contributed by atoms with Crippen molar-refractivity contribution in [2.45, 2.75) is 70.4 Å². The number of hydrogen-bond donors (Lipinski definition) is 0. The highest BCUT2D eigenvalue weighted by Crippen LogP contribution is 2.29. The average Bonchev–Trinajstić information content (AvgIpc) is 2.92. The molecule has 3 heteroatoms. The summed E-state index contributed by atoms with van der Waals surface area (Å²) in [4.78, 5) is 16.8. The van der Waals surface area contributed by atoms with E-state index in [9.17, 15) is 4.79 Å². The maximum atomic E-state index is 12.1. The number of likely N-dealkylation sites (tertiary alicyclic amines) is 1. The fraction of sp³-hybridized carbons (Fsp3) is 0.933. The summed E-state index contributed by atoms with van der Waals surface area (Å²) in [5, 5.41) is 0. The molecule has 2 rings (SSSR count). The summed E-state index contributed by atoms with van der Waals surface area (Å²) in [6.07, 6.45) is 9.48. The highest BCUT2D eigenvalue weighted by molar-refractivity contribution is 5.76. The molecule has 2 aliphatic rings. The number of nitrogens with zero attached hydrogens (tertiary/aromatic N) is 2. The van der Waals surface area contributed by atoms with E-state index in [2.05, 4.69) is 16.7 Å². The standard InChI is InChI=1S/C15H28N2O/c1-3-8-15(18)16(2)13-9-4-5-10-14(13)17-11-6-7-12-17/h13-14H,3-12H2,1-2H3/t13-,14-/m1/s1. The van der Waals surface area contributed by atoms with Crippen molar-refractivity contribution >= 4 is 5.91 Å². The van der Waals surface area contributed by atoms with Gasteiger partial charge in [0.2, 0.25) is 5.91 Å². The average molecular weight is 252 g/mol. The quantitative estimate of drug-likeness (QED) is 0.768. The first-order valence-corrected chi connectivity index (χ1v) is 7.73. The highest BCUT2D eigenvalue weighted by Gasteiger charge is 2.35. The zero-order valence-corrected chi connectivity index (χ0v) is 12.0. The minimum Gasteiger partial charge on any atom is -0.341 e. The second kappa shape index (κ2) is 6.55. The van der Waals surface area contributed by atoms with Crippen LogP contribution in [0.2, 0.25) is 0 Å². The van der Waals surface area contributed by atoms with Gasteiger partial charge in [-0.15, -0.1) is 0 Å². The SMILES string of the molecule is CCCC(=O)N(C)[C@@H]1CCCC[C@H]1N1CCCC1. The van der Waals surface area contributed by atoms with Gasteiger partial charge in [-0.05, 0) is 45.2 Å². The van der Waals surface area contributed by atoms with Crippen LogP contribution in [-0.4, -0.2) is 47.9 Å². The molecule has 2 atom stereocenters. The summed E-state index contributed by atoms with van der Waals surface area (Å²) < 4.78 is 0. The van der Waals surface area contributed by atoms with E-state index in [-0.39, 0.29) is 0 Å². The van der Waals surface area contributed by atoms with Crippen LogP contribution in [0.4, 0.5) is 0 Å². The zero-order valence-electron chi connectivity index (χ0n) is 12.0. The van der Waals surface area contributed by atoms with Crippen molar-refractivity contribution in [1.82, 2.24) is 9.80 Å². The van der Waals surface area contributed by atoms with Crippen LogP contribution in [0.15, 0.2) is 0 Å². The molecule has 0 bridgehead atoms. The molecule has 0 aromatic rings. The summed E-state index contributed by atoms with van der Waals surface area (Å²) in [7, 11) is 2.02. The number of carbonyl (C=O) groups excluding carboxylic acids is 1. The molecule has 104 valence electrons. The van der Waals surface area contributed by atoms with Gasteiger partial charge < -0.3 is 4.90 Å². The van der Waals surface area contributed by atoms with E-state index in [4.69, 9.17) is 0 Å². The van der Waals surface area contributed by atoms with Gasteiger partial charge in [-0.25, -0.2) is 0 Å². The molecule has 1 aliphatic carbocycles. The third-order valence-electron chi connectivity index (χ3n) is 4.66. The molecule has 1 aliphatic heterocycles. The van der Waals surface area contributed by atoms with E-state index in [1.54, 1.807) is 0 Å². The molecule has 0 N–H and O–H groups in total. The Morgan fingerprint density at radius 2 is 1.83 bits per heavy atom. The molecule has 0 aromatic carbocycles. The Bertz CT molecular complexity index is 274. The van der Waals surface area contributed by atoms with Crippen LogP contribution < -0.4 is 0 Å². The maximum Gasteiger partial charge on any atom is 0.222 e. The van der Waals surface area contributed by atoms with Gasteiger partial charge in [-0.3, -0.25) is 9.69 Å². The van der Waals surface area contributed by atoms with Crippen molar-refractivity contribution in [2.75, 3.05) is 20.1 Å². The molecule has 0 spiro atoms. The molecular formula is C15H28N2O. The normalized spacial score (nSPS) is 29.4. The summed E-state index contributed by atoms with van der Waals surface area (Å²) in [6.45, 7) is 4.58. The summed E-state index contributed by atoms with van der Waals surface area (Å²) in [5.41, 5.74) is 0. The lowest BCUT2D eigenvalue weighted by Gasteiger charge is -2.42. The first-order valence-electron chi connectivity index (χ1n) is 7.73. The lowest BCUT2D eigenvalue weighted by Crippen LogP contribution is -2.53. The Balaban J connectivity index is 2.00. The first-order chi connectivity index (χ1) is 8.74. The van der Waals surface area contributed by atoms with E-state index in [1.807, 2.05) is 7.05 Å². The predicted molar refractivity (Wildman–Crippen MR) is 74.5 cm³/mol. The monoisotopic (exact) mass is 252 g/mol. The van der Waals surface area contributed by atoms with Gasteiger partial charge in [0.1, 0.15) is 0 Å². The van der Waals surface area contributed by atoms with Gasteiger partial charge in [0.15, 0.2) is 0 Å². The topological polar surface area (TPSA) is 23.6 Å². The Labute approximate surface area is 112 Å². The predicted octanol–water partition coefficient (Wildman–Crippen LogP) is 2.65. The molecule has 0 unspecified atom stereocenters. The number of hydrogen-bond acceptors (Lipinski definition) is 2. The molecule has 1 amide bonds. The smallest absolute Gasteiger partial charge is 0.222 e. The van der Waals surface area contributed by atoms with Gasteiger partial charge in [-0.1, -0.05) is 19.8 Å². The second-order valence-electron chi connectivity index (χ2n) is 5.92. The molecule has 18 heavy (non-hydrogen) atoms. The number of amides is 1. The van der Waals surface area contributed by atoms with Crippen LogP contribution in [0.1, 0.15) is 58.3 Å². The number of rotatable bonds is 4. The molecule has 0 radical (unpaired) electrons. The molecule has 0 aromatic heterocycles. The van der Waals surface area contributed by atoms with Crippen molar-refractivity contribution in [2.24, 2.45) is 0 Å². The van der Waals surface area contributed by atoms with Gasteiger partial charge in [0.25, 0.3) is 0 Å². The Morgan fingerprint density at radius 1 is 1.17 bits per heavy atom. The van der Waals surface area contributed by atoms with Gasteiger partial charge in [0, 0.05) is 25.6 Å². The lowest BCUT2D eigenvalue weighted by molar-refractivity contribution is -0.134. The van der Waals surface area contributed by atoms with Crippen molar-refractivity contribution in [3.05, 3.63) is 0 Å². The fourth-order valence-electron chi connectivity index (χ4n) is 3.62. The van der Waals surface area contributed by atoms with Crippen molar-refractivity contribution in [3.63, 3.8) is 0 Å². The highest BCUT2D eigenvalue weighted by atomic mass is 16.2. The van der Waals surface area contributed by atoms with Crippen LogP contribution in [0.25, 0.3) is 0 Å². The van der Waals surface area contributed by atoms with E-state index in [0.717, 1.165) is 6.42 Å². The third kappa shape index (κ3) is 3.05. The van der Waals surface area contributed by atoms with E-state index >= 15 is 0 Å².